The van der Waals surface area contributed by atoms with Crippen molar-refractivity contribution in [1.29, 1.82) is 0 Å². The zero-order valence-electron chi connectivity index (χ0n) is 22.3. The Labute approximate surface area is 236 Å². The first-order chi connectivity index (χ1) is 18.3. The van der Waals surface area contributed by atoms with Crippen molar-refractivity contribution in [3.63, 3.8) is 0 Å². The van der Waals surface area contributed by atoms with Crippen molar-refractivity contribution in [3.8, 4) is 5.75 Å². The van der Waals surface area contributed by atoms with E-state index in [4.69, 9.17) is 27.9 Å². The second kappa shape index (κ2) is 14.8. The van der Waals surface area contributed by atoms with Gasteiger partial charge < -0.3 is 15.0 Å². The Kier molecular flexibility index (Phi) is 11.5. The summed E-state index contributed by atoms with van der Waals surface area (Å²) in [4.78, 5) is 28.7. The number of unbranched alkanes of at least 4 members (excludes halogenated alkanes) is 1. The fourth-order valence-corrected chi connectivity index (χ4v) is 4.39. The lowest BCUT2D eigenvalue weighted by atomic mass is 10.0. The van der Waals surface area contributed by atoms with Gasteiger partial charge in [-0.05, 0) is 53.3 Å². The Morgan fingerprint density at radius 1 is 0.921 bits per heavy atom. The molecular formula is C31H36Cl2N2O3. The normalized spacial score (nSPS) is 11.7. The van der Waals surface area contributed by atoms with Gasteiger partial charge >= 0.3 is 0 Å². The number of halogens is 2. The van der Waals surface area contributed by atoms with Gasteiger partial charge in [0, 0.05) is 19.5 Å². The number of carbonyl (C=O) groups is 2. The molecular weight excluding hydrogens is 519 g/mol. The maximum absolute atomic E-state index is 13.7. The monoisotopic (exact) mass is 554 g/mol. The van der Waals surface area contributed by atoms with E-state index >= 15 is 0 Å². The second-order valence-electron chi connectivity index (χ2n) is 9.63. The molecule has 0 saturated carbocycles. The number of hydrogen-bond acceptors (Lipinski definition) is 3. The smallest absolute Gasteiger partial charge is 0.261 e. The SMILES string of the molecule is CCCCNC(=O)[C@@H](Cc1ccccc1)N(Cc1ccc(Cl)c(Cl)c1)C(=O)COc1ccc(C(C)C)cc1. The first-order valence-corrected chi connectivity index (χ1v) is 13.8. The number of amides is 2. The van der Waals surface area contributed by atoms with Crippen molar-refractivity contribution in [2.45, 2.75) is 58.5 Å². The summed E-state index contributed by atoms with van der Waals surface area (Å²) < 4.78 is 5.87. The molecule has 3 rings (SSSR count). The molecule has 2 amide bonds. The highest BCUT2D eigenvalue weighted by Gasteiger charge is 2.30. The van der Waals surface area contributed by atoms with Crippen LogP contribution < -0.4 is 10.1 Å². The van der Waals surface area contributed by atoms with Crippen LogP contribution in [0, 0.1) is 0 Å². The fraction of sp³-hybridized carbons (Fsp3) is 0.355. The van der Waals surface area contributed by atoms with E-state index in [1.54, 1.807) is 17.0 Å². The van der Waals surface area contributed by atoms with Crippen LogP contribution in [0.2, 0.25) is 10.0 Å². The molecule has 0 aliphatic carbocycles. The molecule has 1 atom stereocenters. The van der Waals surface area contributed by atoms with E-state index in [-0.39, 0.29) is 25.0 Å². The molecule has 5 nitrogen and oxygen atoms in total. The molecule has 0 aromatic heterocycles. The van der Waals surface area contributed by atoms with E-state index in [2.05, 4.69) is 26.1 Å². The third kappa shape index (κ3) is 8.78. The summed E-state index contributed by atoms with van der Waals surface area (Å²) in [6.45, 7) is 6.85. The van der Waals surface area contributed by atoms with Gasteiger partial charge in [-0.3, -0.25) is 9.59 Å². The molecule has 38 heavy (non-hydrogen) atoms. The molecule has 0 radical (unpaired) electrons. The van der Waals surface area contributed by atoms with Crippen LogP contribution in [0.15, 0.2) is 72.8 Å². The number of ether oxygens (including phenoxy) is 1. The van der Waals surface area contributed by atoms with Crippen molar-refractivity contribution in [2.24, 2.45) is 0 Å². The summed E-state index contributed by atoms with van der Waals surface area (Å²) in [5, 5.41) is 3.84. The van der Waals surface area contributed by atoms with Gasteiger partial charge in [0.15, 0.2) is 6.61 Å². The molecule has 1 N–H and O–H groups in total. The van der Waals surface area contributed by atoms with Gasteiger partial charge in [0.1, 0.15) is 11.8 Å². The van der Waals surface area contributed by atoms with E-state index in [1.165, 1.54) is 5.56 Å². The first kappa shape index (κ1) is 29.5. The zero-order valence-corrected chi connectivity index (χ0v) is 23.8. The molecule has 202 valence electrons. The molecule has 0 aliphatic rings. The molecule has 0 saturated heterocycles. The number of hydrogen-bond donors (Lipinski definition) is 1. The Bertz CT molecular complexity index is 1180. The molecule has 3 aromatic rings. The lowest BCUT2D eigenvalue weighted by Crippen LogP contribution is -2.51. The average molecular weight is 556 g/mol. The number of nitrogens with one attached hydrogen (secondary N) is 1. The van der Waals surface area contributed by atoms with Crippen LogP contribution in [-0.2, 0) is 22.6 Å². The van der Waals surface area contributed by atoms with E-state index in [0.29, 0.717) is 34.7 Å². The predicted octanol–water partition coefficient (Wildman–Crippen LogP) is 7.05. The highest BCUT2D eigenvalue weighted by atomic mass is 35.5. The zero-order chi connectivity index (χ0) is 27.5. The Morgan fingerprint density at radius 3 is 2.26 bits per heavy atom. The van der Waals surface area contributed by atoms with Crippen molar-refractivity contribution in [2.75, 3.05) is 13.2 Å². The summed E-state index contributed by atoms with van der Waals surface area (Å²) in [6, 6.07) is 21.9. The van der Waals surface area contributed by atoms with E-state index in [9.17, 15) is 9.59 Å². The fourth-order valence-electron chi connectivity index (χ4n) is 4.07. The summed E-state index contributed by atoms with van der Waals surface area (Å²) in [5.74, 6) is 0.508. The third-order valence-electron chi connectivity index (χ3n) is 6.35. The number of benzene rings is 3. The van der Waals surface area contributed by atoms with Crippen LogP contribution in [0.4, 0.5) is 0 Å². The highest BCUT2D eigenvalue weighted by molar-refractivity contribution is 6.42. The Morgan fingerprint density at radius 2 is 1.63 bits per heavy atom. The summed E-state index contributed by atoms with van der Waals surface area (Å²) in [7, 11) is 0. The third-order valence-corrected chi connectivity index (χ3v) is 7.09. The average Bonchev–Trinajstić information content (AvgIpc) is 2.92. The highest BCUT2D eigenvalue weighted by Crippen LogP contribution is 2.25. The van der Waals surface area contributed by atoms with Crippen LogP contribution >= 0.6 is 23.2 Å². The minimum Gasteiger partial charge on any atom is -0.484 e. The molecule has 7 heteroatoms. The van der Waals surface area contributed by atoms with Crippen LogP contribution in [0.3, 0.4) is 0 Å². The predicted molar refractivity (Wildman–Crippen MR) is 155 cm³/mol. The van der Waals surface area contributed by atoms with Gasteiger partial charge in [-0.2, -0.15) is 0 Å². The van der Waals surface area contributed by atoms with Gasteiger partial charge in [0.2, 0.25) is 5.91 Å². The van der Waals surface area contributed by atoms with E-state index in [0.717, 1.165) is 24.0 Å². The molecule has 0 unspecified atom stereocenters. The van der Waals surface area contributed by atoms with E-state index in [1.807, 2.05) is 60.7 Å². The maximum Gasteiger partial charge on any atom is 0.261 e. The van der Waals surface area contributed by atoms with Gasteiger partial charge in [-0.1, -0.05) is 98.9 Å². The van der Waals surface area contributed by atoms with Gasteiger partial charge in [-0.25, -0.2) is 0 Å². The van der Waals surface area contributed by atoms with Crippen LogP contribution in [0.1, 0.15) is 56.2 Å². The van der Waals surface area contributed by atoms with Crippen LogP contribution in [0.5, 0.6) is 5.75 Å². The van der Waals surface area contributed by atoms with Gasteiger partial charge in [-0.15, -0.1) is 0 Å². The lowest BCUT2D eigenvalue weighted by Gasteiger charge is -2.31. The minimum atomic E-state index is -0.733. The molecule has 0 spiro atoms. The van der Waals surface area contributed by atoms with Crippen molar-refractivity contribution >= 4 is 35.0 Å². The van der Waals surface area contributed by atoms with Crippen molar-refractivity contribution in [1.82, 2.24) is 10.2 Å². The first-order valence-electron chi connectivity index (χ1n) is 13.1. The number of carbonyl (C=O) groups excluding carboxylic acids is 2. The molecule has 0 bridgehead atoms. The molecule has 0 aliphatic heterocycles. The quantitative estimate of drug-likeness (QED) is 0.230. The molecule has 3 aromatic carbocycles. The van der Waals surface area contributed by atoms with E-state index < -0.39 is 6.04 Å². The van der Waals surface area contributed by atoms with Crippen LogP contribution in [-0.4, -0.2) is 35.9 Å². The molecule has 0 heterocycles. The standard InChI is InChI=1S/C31H36Cl2N2O3/c1-4-5-17-34-31(37)29(19-23-9-7-6-8-10-23)35(20-24-11-16-27(32)28(33)18-24)30(36)21-38-26-14-12-25(13-15-26)22(2)3/h6-16,18,22,29H,4-5,17,19-21H2,1-3H3,(H,34,37)/t29-/m1/s1. The minimum absolute atomic E-state index is 0.185. The largest absolute Gasteiger partial charge is 0.484 e. The van der Waals surface area contributed by atoms with Gasteiger partial charge in [0.25, 0.3) is 5.91 Å². The van der Waals surface area contributed by atoms with Gasteiger partial charge in [0.05, 0.1) is 10.0 Å². The Hall–Kier alpha value is -3.02. The summed E-state index contributed by atoms with van der Waals surface area (Å²) >= 11 is 12.4. The number of nitrogens with zero attached hydrogens (tertiary/aromatic N) is 1. The lowest BCUT2D eigenvalue weighted by molar-refractivity contribution is -0.142. The summed E-state index contributed by atoms with van der Waals surface area (Å²) in [5.41, 5.74) is 2.92. The molecule has 0 fully saturated rings. The second-order valence-corrected chi connectivity index (χ2v) is 10.4. The van der Waals surface area contributed by atoms with Crippen molar-refractivity contribution in [3.05, 3.63) is 99.5 Å². The Balaban J connectivity index is 1.88. The summed E-state index contributed by atoms with van der Waals surface area (Å²) in [6.07, 6.45) is 2.19. The van der Waals surface area contributed by atoms with Crippen LogP contribution in [0.25, 0.3) is 0 Å². The maximum atomic E-state index is 13.7. The topological polar surface area (TPSA) is 58.6 Å². The number of rotatable bonds is 13. The van der Waals surface area contributed by atoms with Crippen molar-refractivity contribution < 1.29 is 14.3 Å².